The number of rotatable bonds is 2. The first-order chi connectivity index (χ1) is 8.00. The maximum absolute atomic E-state index is 11.7. The monoisotopic (exact) mass is 235 g/mol. The lowest BCUT2D eigenvalue weighted by Crippen LogP contribution is -2.48. The third kappa shape index (κ3) is 1.30. The summed E-state index contributed by atoms with van der Waals surface area (Å²) >= 11 is 0. The van der Waals surface area contributed by atoms with Crippen LogP contribution in [0.5, 0.6) is 0 Å². The highest BCUT2D eigenvalue weighted by atomic mass is 16.6. The van der Waals surface area contributed by atoms with Gasteiger partial charge in [-0.1, -0.05) is 13.5 Å². The molecule has 4 nitrogen and oxygen atoms in total. The van der Waals surface area contributed by atoms with Crippen LogP contribution in [0.2, 0.25) is 0 Å². The number of hydrogen-bond acceptors (Lipinski definition) is 3. The molecule has 0 radical (unpaired) electrons. The van der Waals surface area contributed by atoms with Crippen LogP contribution in [0.25, 0.3) is 0 Å². The van der Waals surface area contributed by atoms with E-state index < -0.39 is 0 Å². The third-order valence-corrected chi connectivity index (χ3v) is 4.69. The van der Waals surface area contributed by atoms with E-state index in [4.69, 9.17) is 4.74 Å². The molecule has 1 aliphatic heterocycles. The molecule has 2 aliphatic carbocycles. The van der Waals surface area contributed by atoms with Gasteiger partial charge in [-0.3, -0.25) is 9.59 Å². The summed E-state index contributed by atoms with van der Waals surface area (Å²) in [7, 11) is 0. The molecule has 0 aromatic heterocycles. The average Bonchev–Trinajstić information content (AvgIpc) is 2.82. The van der Waals surface area contributed by atoms with Crippen molar-refractivity contribution < 1.29 is 14.3 Å². The van der Waals surface area contributed by atoms with Crippen molar-refractivity contribution in [2.45, 2.75) is 32.4 Å². The van der Waals surface area contributed by atoms with Gasteiger partial charge in [0, 0.05) is 11.5 Å². The van der Waals surface area contributed by atoms with E-state index in [1.807, 2.05) is 0 Å². The number of hydrogen-bond donors (Lipinski definition) is 1. The fourth-order valence-corrected chi connectivity index (χ4v) is 3.88. The number of amides is 1. The first-order valence-electron chi connectivity index (χ1n) is 6.17. The lowest BCUT2D eigenvalue weighted by atomic mass is 9.78. The van der Waals surface area contributed by atoms with Crippen LogP contribution >= 0.6 is 0 Å². The van der Waals surface area contributed by atoms with Crippen LogP contribution < -0.4 is 5.32 Å². The topological polar surface area (TPSA) is 55.4 Å². The van der Waals surface area contributed by atoms with E-state index in [1.54, 1.807) is 6.92 Å². The zero-order valence-electron chi connectivity index (χ0n) is 10.1. The molecular formula is C13H17NO3. The second-order valence-corrected chi connectivity index (χ2v) is 5.63. The van der Waals surface area contributed by atoms with Crippen LogP contribution in [0, 0.1) is 23.7 Å². The lowest BCUT2D eigenvalue weighted by Gasteiger charge is -2.30. The van der Waals surface area contributed by atoms with Gasteiger partial charge in [-0.15, -0.1) is 0 Å². The van der Waals surface area contributed by atoms with E-state index in [2.05, 4.69) is 18.8 Å². The van der Waals surface area contributed by atoms with Crippen molar-refractivity contribution in [1.29, 1.82) is 0 Å². The summed E-state index contributed by atoms with van der Waals surface area (Å²) in [6.07, 6.45) is 0.903. The van der Waals surface area contributed by atoms with Gasteiger partial charge in [-0.2, -0.15) is 0 Å². The highest BCUT2D eigenvalue weighted by Gasteiger charge is 2.65. The molecule has 17 heavy (non-hydrogen) atoms. The van der Waals surface area contributed by atoms with E-state index >= 15 is 0 Å². The van der Waals surface area contributed by atoms with Crippen molar-refractivity contribution in [1.82, 2.24) is 5.32 Å². The van der Waals surface area contributed by atoms with Gasteiger partial charge in [-0.05, 0) is 25.2 Å². The van der Waals surface area contributed by atoms with E-state index in [0.717, 1.165) is 6.42 Å². The minimum absolute atomic E-state index is 0.0121. The predicted molar refractivity (Wildman–Crippen MR) is 60.9 cm³/mol. The molecule has 1 amide bonds. The molecule has 92 valence electrons. The van der Waals surface area contributed by atoms with Gasteiger partial charge in [0.2, 0.25) is 5.91 Å². The van der Waals surface area contributed by atoms with E-state index in [0.29, 0.717) is 23.3 Å². The first kappa shape index (κ1) is 10.8. The second kappa shape index (κ2) is 3.34. The largest absolute Gasteiger partial charge is 0.460 e. The Kier molecular flexibility index (Phi) is 2.12. The van der Waals surface area contributed by atoms with Crippen molar-refractivity contribution in [3.8, 4) is 0 Å². The molecule has 6 atom stereocenters. The molecule has 1 N–H and O–H groups in total. The minimum Gasteiger partial charge on any atom is -0.460 e. The fourth-order valence-electron chi connectivity index (χ4n) is 3.88. The summed E-state index contributed by atoms with van der Waals surface area (Å²) in [5, 5.41) is 2.97. The first-order valence-corrected chi connectivity index (χ1v) is 6.17. The van der Waals surface area contributed by atoms with Crippen molar-refractivity contribution in [3.63, 3.8) is 0 Å². The Morgan fingerprint density at radius 3 is 2.82 bits per heavy atom. The fraction of sp³-hybridized carbons (Fsp3) is 0.692. The maximum atomic E-state index is 11.7. The van der Waals surface area contributed by atoms with Crippen molar-refractivity contribution in [2.75, 3.05) is 0 Å². The van der Waals surface area contributed by atoms with Gasteiger partial charge in [0.15, 0.2) is 0 Å². The maximum Gasteiger partial charge on any atom is 0.310 e. The van der Waals surface area contributed by atoms with Gasteiger partial charge < -0.3 is 10.1 Å². The van der Waals surface area contributed by atoms with E-state index in [9.17, 15) is 9.59 Å². The van der Waals surface area contributed by atoms with Gasteiger partial charge in [0.05, 0.1) is 12.0 Å². The highest BCUT2D eigenvalue weighted by Crippen LogP contribution is 2.57. The molecule has 3 fully saturated rings. The molecule has 0 aromatic rings. The lowest BCUT2D eigenvalue weighted by molar-refractivity contribution is -0.144. The molecule has 3 rings (SSSR count). The smallest absolute Gasteiger partial charge is 0.310 e. The standard InChI is InChI=1S/C13H17NO3/c1-5(2)12(15)14-10-7-4-8-9(6(7)3)13(16)17-11(8)10/h6-11H,1,4H2,2-3H3,(H,14,15). The highest BCUT2D eigenvalue weighted by molar-refractivity contribution is 5.92. The second-order valence-electron chi connectivity index (χ2n) is 5.63. The van der Waals surface area contributed by atoms with Gasteiger partial charge in [0.1, 0.15) is 6.10 Å². The molecule has 2 bridgehead atoms. The van der Waals surface area contributed by atoms with Crippen LogP contribution in [-0.2, 0) is 14.3 Å². The third-order valence-electron chi connectivity index (χ3n) is 4.69. The van der Waals surface area contributed by atoms with Crippen LogP contribution in [0.1, 0.15) is 20.3 Å². The van der Waals surface area contributed by atoms with Crippen molar-refractivity contribution in [2.24, 2.45) is 23.7 Å². The van der Waals surface area contributed by atoms with Crippen LogP contribution in [0.3, 0.4) is 0 Å². The van der Waals surface area contributed by atoms with E-state index in [-0.39, 0.29) is 29.9 Å². The minimum atomic E-state index is -0.130. The number of esters is 1. The Labute approximate surface area is 100 Å². The molecule has 2 saturated carbocycles. The van der Waals surface area contributed by atoms with Crippen LogP contribution in [0.4, 0.5) is 0 Å². The zero-order chi connectivity index (χ0) is 12.3. The molecule has 4 heteroatoms. The summed E-state index contributed by atoms with van der Waals surface area (Å²) in [6.45, 7) is 7.42. The van der Waals surface area contributed by atoms with Gasteiger partial charge in [0.25, 0.3) is 0 Å². The zero-order valence-corrected chi connectivity index (χ0v) is 10.1. The Morgan fingerprint density at radius 1 is 1.47 bits per heavy atom. The molecule has 0 aromatic carbocycles. The Hall–Kier alpha value is -1.32. The van der Waals surface area contributed by atoms with Gasteiger partial charge >= 0.3 is 5.97 Å². The summed E-state index contributed by atoms with van der Waals surface area (Å²) in [5.74, 6) is 0.892. The molecular weight excluding hydrogens is 218 g/mol. The summed E-state index contributed by atoms with van der Waals surface area (Å²) < 4.78 is 5.42. The summed E-state index contributed by atoms with van der Waals surface area (Å²) in [6, 6.07) is -0.0121. The SMILES string of the molecule is C=C(C)C(=O)NC1C2CC3C1OC(=O)C3C2C. The number of nitrogens with one attached hydrogen (secondary N) is 1. The number of carbonyl (C=O) groups is 2. The van der Waals surface area contributed by atoms with Crippen LogP contribution in [0.15, 0.2) is 12.2 Å². The molecule has 0 spiro atoms. The van der Waals surface area contributed by atoms with Crippen molar-refractivity contribution >= 4 is 11.9 Å². The van der Waals surface area contributed by atoms with Gasteiger partial charge in [-0.25, -0.2) is 0 Å². The Morgan fingerprint density at radius 2 is 2.18 bits per heavy atom. The van der Waals surface area contributed by atoms with E-state index in [1.165, 1.54) is 0 Å². The normalized spacial score (nSPS) is 45.9. The molecule has 1 heterocycles. The number of carbonyl (C=O) groups excluding carboxylic acids is 2. The molecule has 3 aliphatic rings. The Balaban J connectivity index is 1.83. The molecule has 6 unspecified atom stereocenters. The van der Waals surface area contributed by atoms with Crippen molar-refractivity contribution in [3.05, 3.63) is 12.2 Å². The average molecular weight is 235 g/mol. The van der Waals surface area contributed by atoms with Crippen LogP contribution in [-0.4, -0.2) is 24.0 Å². The Bertz CT molecular complexity index is 417. The number of ether oxygens (including phenoxy) is 1. The predicted octanol–water partition coefficient (Wildman–Crippen LogP) is 0.875. The summed E-state index contributed by atoms with van der Waals surface area (Å²) in [5.41, 5.74) is 0.501. The quantitative estimate of drug-likeness (QED) is 0.571. The molecule has 1 saturated heterocycles. The number of fused-ring (bicyclic) bond motifs is 1. The summed E-state index contributed by atoms with van der Waals surface area (Å²) in [4.78, 5) is 23.4.